The van der Waals surface area contributed by atoms with Crippen LogP contribution in [0.15, 0.2) is 24.3 Å². The summed E-state index contributed by atoms with van der Waals surface area (Å²) in [7, 11) is 0. The second-order valence-electron chi connectivity index (χ2n) is 7.02. The van der Waals surface area contributed by atoms with Crippen molar-refractivity contribution in [1.82, 2.24) is 5.32 Å². The Morgan fingerprint density at radius 3 is 2.30 bits per heavy atom. The topological polar surface area (TPSA) is 92.7 Å². The molecule has 6 heteroatoms. The first-order valence-corrected chi connectivity index (χ1v) is 9.49. The molecule has 0 spiro atoms. The van der Waals surface area contributed by atoms with Gasteiger partial charge in [-0.05, 0) is 45.7 Å². The normalized spacial score (nSPS) is 13.0. The number of unbranched alkanes of at least 4 members (excludes halogenated alkanes) is 3. The Morgan fingerprint density at radius 1 is 1.07 bits per heavy atom. The van der Waals surface area contributed by atoms with Crippen molar-refractivity contribution in [2.24, 2.45) is 5.92 Å². The van der Waals surface area contributed by atoms with E-state index in [1.54, 1.807) is 19.1 Å². The number of carboxylic acids is 1. The van der Waals surface area contributed by atoms with Crippen molar-refractivity contribution in [3.8, 4) is 0 Å². The minimum absolute atomic E-state index is 0.0403. The third-order valence-electron chi connectivity index (χ3n) is 4.43. The molecule has 0 aliphatic carbocycles. The fourth-order valence-corrected chi connectivity index (χ4v) is 2.56. The third-order valence-corrected chi connectivity index (χ3v) is 4.43. The van der Waals surface area contributed by atoms with Gasteiger partial charge in [0.05, 0.1) is 18.6 Å². The number of aryl methyl sites for hydroxylation is 1. The maximum absolute atomic E-state index is 12.3. The number of hydrogen-bond acceptors (Lipinski definition) is 4. The molecule has 1 rings (SSSR count). The van der Waals surface area contributed by atoms with Crippen LogP contribution in [0.4, 0.5) is 0 Å². The van der Waals surface area contributed by atoms with Crippen molar-refractivity contribution in [1.29, 1.82) is 0 Å². The van der Waals surface area contributed by atoms with E-state index in [0.29, 0.717) is 18.6 Å². The number of amides is 1. The van der Waals surface area contributed by atoms with Gasteiger partial charge in [0.2, 0.25) is 0 Å². The van der Waals surface area contributed by atoms with E-state index in [4.69, 9.17) is 9.84 Å². The minimum Gasteiger partial charge on any atom is -0.481 e. The fourth-order valence-electron chi connectivity index (χ4n) is 2.56. The monoisotopic (exact) mass is 377 g/mol. The lowest BCUT2D eigenvalue weighted by molar-refractivity contribution is -0.143. The van der Waals surface area contributed by atoms with E-state index in [2.05, 4.69) is 5.32 Å². The number of carbonyl (C=O) groups excluding carboxylic acids is 2. The van der Waals surface area contributed by atoms with E-state index >= 15 is 0 Å². The van der Waals surface area contributed by atoms with Gasteiger partial charge in [0.25, 0.3) is 5.91 Å². The van der Waals surface area contributed by atoms with Gasteiger partial charge in [0.1, 0.15) is 0 Å². The van der Waals surface area contributed by atoms with Crippen LogP contribution in [0.1, 0.15) is 61.9 Å². The molecule has 0 aliphatic heterocycles. The van der Waals surface area contributed by atoms with Gasteiger partial charge in [-0.3, -0.25) is 14.4 Å². The summed E-state index contributed by atoms with van der Waals surface area (Å²) in [6.07, 6.45) is 4.18. The fraction of sp³-hybridized carbons (Fsp3) is 0.571. The number of hydrogen-bond donors (Lipinski definition) is 2. The maximum Gasteiger partial charge on any atom is 0.308 e. The van der Waals surface area contributed by atoms with E-state index in [9.17, 15) is 14.4 Å². The molecule has 27 heavy (non-hydrogen) atoms. The molecule has 2 atom stereocenters. The maximum atomic E-state index is 12.3. The van der Waals surface area contributed by atoms with Gasteiger partial charge < -0.3 is 15.2 Å². The molecule has 0 fully saturated rings. The summed E-state index contributed by atoms with van der Waals surface area (Å²) in [4.78, 5) is 34.7. The van der Waals surface area contributed by atoms with Crippen molar-refractivity contribution in [3.63, 3.8) is 0 Å². The summed E-state index contributed by atoms with van der Waals surface area (Å²) < 4.78 is 5.34. The smallest absolute Gasteiger partial charge is 0.308 e. The number of ether oxygens (including phenoxy) is 1. The van der Waals surface area contributed by atoms with Gasteiger partial charge in [-0.15, -0.1) is 0 Å². The third kappa shape index (κ3) is 9.33. The Hall–Kier alpha value is -2.21. The van der Waals surface area contributed by atoms with Gasteiger partial charge in [0, 0.05) is 12.2 Å². The summed E-state index contributed by atoms with van der Waals surface area (Å²) in [5.41, 5.74) is 1.63. The van der Waals surface area contributed by atoms with Crippen LogP contribution in [0.25, 0.3) is 0 Å². The predicted octanol–water partition coefficient (Wildman–Crippen LogP) is 3.37. The molecule has 0 saturated heterocycles. The summed E-state index contributed by atoms with van der Waals surface area (Å²) >= 11 is 0. The first-order valence-electron chi connectivity index (χ1n) is 9.49. The average molecular weight is 377 g/mol. The molecule has 0 saturated carbocycles. The van der Waals surface area contributed by atoms with Crippen LogP contribution in [-0.2, 0) is 14.3 Å². The number of nitrogens with one attached hydrogen (secondary N) is 1. The van der Waals surface area contributed by atoms with Gasteiger partial charge in [0.15, 0.2) is 5.78 Å². The highest BCUT2D eigenvalue weighted by atomic mass is 16.5. The highest BCUT2D eigenvalue weighted by Gasteiger charge is 2.17. The lowest BCUT2D eigenvalue weighted by atomic mass is 10.0. The van der Waals surface area contributed by atoms with E-state index in [1.165, 1.54) is 6.92 Å². The van der Waals surface area contributed by atoms with Gasteiger partial charge >= 0.3 is 5.97 Å². The molecule has 0 heterocycles. The van der Waals surface area contributed by atoms with Crippen molar-refractivity contribution >= 4 is 17.7 Å². The number of rotatable bonds is 13. The largest absolute Gasteiger partial charge is 0.481 e. The molecule has 150 valence electrons. The lowest BCUT2D eigenvalue weighted by Gasteiger charge is -2.16. The Balaban J connectivity index is 2.23. The van der Waals surface area contributed by atoms with E-state index in [0.717, 1.165) is 31.2 Å². The van der Waals surface area contributed by atoms with Crippen LogP contribution in [0.3, 0.4) is 0 Å². The molecular weight excluding hydrogens is 346 g/mol. The van der Waals surface area contributed by atoms with E-state index in [-0.39, 0.29) is 18.3 Å². The van der Waals surface area contributed by atoms with Crippen LogP contribution in [-0.4, -0.2) is 42.0 Å². The van der Waals surface area contributed by atoms with Crippen LogP contribution in [0.2, 0.25) is 0 Å². The molecule has 6 nitrogen and oxygen atoms in total. The summed E-state index contributed by atoms with van der Waals surface area (Å²) in [5, 5.41) is 11.6. The Kier molecular flexibility index (Phi) is 10.3. The number of benzene rings is 1. The summed E-state index contributed by atoms with van der Waals surface area (Å²) in [5.74, 6) is -1.60. The Morgan fingerprint density at radius 2 is 1.70 bits per heavy atom. The van der Waals surface area contributed by atoms with Crippen LogP contribution < -0.4 is 5.32 Å². The molecule has 2 N–H and O–H groups in total. The molecule has 0 radical (unpaired) electrons. The van der Waals surface area contributed by atoms with Crippen molar-refractivity contribution in [3.05, 3.63) is 35.4 Å². The highest BCUT2D eigenvalue weighted by Crippen LogP contribution is 2.09. The molecule has 1 aromatic rings. The summed E-state index contributed by atoms with van der Waals surface area (Å²) in [6, 6.07) is 6.79. The lowest BCUT2D eigenvalue weighted by Crippen LogP contribution is -2.39. The zero-order valence-electron chi connectivity index (χ0n) is 16.5. The van der Waals surface area contributed by atoms with Crippen LogP contribution in [0.5, 0.6) is 0 Å². The van der Waals surface area contributed by atoms with Gasteiger partial charge in [-0.2, -0.15) is 0 Å². The van der Waals surface area contributed by atoms with Crippen molar-refractivity contribution < 1.29 is 24.2 Å². The van der Waals surface area contributed by atoms with Crippen LogP contribution in [0, 0.1) is 12.8 Å². The number of carbonyl (C=O) groups is 3. The standard InChI is InChI=1S/C21H31NO5/c1-15-9-11-18(12-10-15)20(24)22-19(17(3)23)8-6-4-5-7-13-27-14-16(2)21(25)26/h9-12,16,19H,4-8,13-14H2,1-3H3,(H,22,24)(H,25,26). The summed E-state index contributed by atoms with van der Waals surface area (Å²) in [6.45, 7) is 5.84. The van der Waals surface area contributed by atoms with Crippen molar-refractivity contribution in [2.45, 2.75) is 58.9 Å². The van der Waals surface area contributed by atoms with Crippen molar-refractivity contribution in [2.75, 3.05) is 13.2 Å². The second-order valence-corrected chi connectivity index (χ2v) is 7.02. The molecule has 2 unspecified atom stereocenters. The van der Waals surface area contributed by atoms with Gasteiger partial charge in [-0.1, -0.05) is 37.0 Å². The number of aliphatic carboxylic acids is 1. The quantitative estimate of drug-likeness (QED) is 0.514. The molecule has 0 bridgehead atoms. The predicted molar refractivity (Wildman–Crippen MR) is 104 cm³/mol. The average Bonchev–Trinajstić information content (AvgIpc) is 2.62. The first kappa shape index (κ1) is 22.8. The molecule has 1 aromatic carbocycles. The molecule has 0 aromatic heterocycles. The molecule has 1 amide bonds. The SMILES string of the molecule is CC(=O)C(CCCCCCOCC(C)C(=O)O)NC(=O)c1ccc(C)cc1. The van der Waals surface area contributed by atoms with E-state index in [1.807, 2.05) is 19.1 Å². The first-order chi connectivity index (χ1) is 12.8. The minimum atomic E-state index is -0.849. The number of carboxylic acid groups (broad SMARTS) is 1. The highest BCUT2D eigenvalue weighted by molar-refractivity contribution is 5.97. The molecular formula is C21H31NO5. The Labute approximate surface area is 161 Å². The second kappa shape index (κ2) is 12.2. The Bertz CT molecular complexity index is 612. The van der Waals surface area contributed by atoms with E-state index < -0.39 is 17.9 Å². The zero-order valence-corrected chi connectivity index (χ0v) is 16.5. The van der Waals surface area contributed by atoms with Gasteiger partial charge in [-0.25, -0.2) is 0 Å². The number of ketones is 1. The molecule has 0 aliphatic rings. The number of Topliss-reactive ketones (excluding diaryl/α,β-unsaturated/α-hetero) is 1. The zero-order chi connectivity index (χ0) is 20.2. The van der Waals surface area contributed by atoms with Crippen LogP contribution >= 0.6 is 0 Å².